The zero-order chi connectivity index (χ0) is 15.2. The first-order valence-electron chi connectivity index (χ1n) is 6.36. The van der Waals surface area contributed by atoms with Crippen molar-refractivity contribution in [3.8, 4) is 11.5 Å². The molecule has 0 radical (unpaired) electrons. The predicted molar refractivity (Wildman–Crippen MR) is 80.6 cm³/mol. The van der Waals surface area contributed by atoms with Crippen LogP contribution < -0.4 is 14.8 Å². The number of para-hydroxylation sites is 1. The number of rotatable bonds is 5. The van der Waals surface area contributed by atoms with E-state index in [0.29, 0.717) is 22.7 Å². The smallest absolute Gasteiger partial charge is 0.339 e. The lowest BCUT2D eigenvalue weighted by atomic mass is 10.1. The van der Waals surface area contributed by atoms with Gasteiger partial charge in [0.15, 0.2) is 0 Å². The summed E-state index contributed by atoms with van der Waals surface area (Å²) in [6, 6.07) is 12.5. The van der Waals surface area contributed by atoms with Crippen molar-refractivity contribution in [2.24, 2.45) is 0 Å². The fourth-order valence-corrected chi connectivity index (χ4v) is 1.93. The topological polar surface area (TPSA) is 56.8 Å². The van der Waals surface area contributed by atoms with Crippen molar-refractivity contribution >= 4 is 17.3 Å². The molecule has 5 heteroatoms. The summed E-state index contributed by atoms with van der Waals surface area (Å²) in [6.07, 6.45) is 0. The van der Waals surface area contributed by atoms with Crippen LogP contribution in [0.3, 0.4) is 0 Å². The van der Waals surface area contributed by atoms with Gasteiger partial charge in [-0.05, 0) is 24.3 Å². The van der Waals surface area contributed by atoms with Crippen molar-refractivity contribution in [1.82, 2.24) is 0 Å². The van der Waals surface area contributed by atoms with Gasteiger partial charge in [0.1, 0.15) is 11.5 Å². The van der Waals surface area contributed by atoms with E-state index in [0.717, 1.165) is 5.69 Å². The summed E-state index contributed by atoms with van der Waals surface area (Å²) in [5.74, 6) is 0.915. The third kappa shape index (κ3) is 3.25. The minimum Gasteiger partial charge on any atom is -0.497 e. The number of esters is 1. The molecule has 0 atom stereocenters. The van der Waals surface area contributed by atoms with E-state index in [1.807, 2.05) is 18.2 Å². The fourth-order valence-electron chi connectivity index (χ4n) is 1.93. The van der Waals surface area contributed by atoms with E-state index in [1.165, 1.54) is 7.11 Å². The molecule has 2 aromatic rings. The van der Waals surface area contributed by atoms with E-state index < -0.39 is 5.97 Å². The maximum Gasteiger partial charge on any atom is 0.339 e. The molecule has 1 N–H and O–H groups in total. The molecule has 0 aliphatic carbocycles. The molecule has 21 heavy (non-hydrogen) atoms. The average molecular weight is 287 g/mol. The van der Waals surface area contributed by atoms with Crippen molar-refractivity contribution in [3.63, 3.8) is 0 Å². The quantitative estimate of drug-likeness (QED) is 0.856. The minimum atomic E-state index is -0.398. The van der Waals surface area contributed by atoms with Gasteiger partial charge in [0.05, 0.1) is 38.3 Å². The largest absolute Gasteiger partial charge is 0.497 e. The molecule has 5 nitrogen and oxygen atoms in total. The van der Waals surface area contributed by atoms with Crippen molar-refractivity contribution < 1.29 is 19.0 Å². The Labute approximate surface area is 123 Å². The second-order valence-corrected chi connectivity index (χ2v) is 4.23. The molecular weight excluding hydrogens is 270 g/mol. The Kier molecular flexibility index (Phi) is 4.66. The van der Waals surface area contributed by atoms with Crippen molar-refractivity contribution in [2.45, 2.75) is 0 Å². The summed E-state index contributed by atoms with van der Waals surface area (Å²) in [5, 5.41) is 3.18. The highest BCUT2D eigenvalue weighted by atomic mass is 16.5. The van der Waals surface area contributed by atoms with Crippen molar-refractivity contribution in [1.29, 1.82) is 0 Å². The van der Waals surface area contributed by atoms with Crippen LogP contribution in [0.5, 0.6) is 11.5 Å². The zero-order valence-corrected chi connectivity index (χ0v) is 12.2. The first-order valence-corrected chi connectivity index (χ1v) is 6.36. The first kappa shape index (κ1) is 14.7. The van der Waals surface area contributed by atoms with Crippen LogP contribution in [0.1, 0.15) is 10.4 Å². The maximum atomic E-state index is 11.8. The Morgan fingerprint density at radius 2 is 1.71 bits per heavy atom. The fraction of sp³-hybridized carbons (Fsp3) is 0.188. The number of ether oxygens (including phenoxy) is 3. The number of methoxy groups -OCH3 is 3. The van der Waals surface area contributed by atoms with Crippen LogP contribution in [-0.2, 0) is 4.74 Å². The molecule has 0 aromatic heterocycles. The maximum absolute atomic E-state index is 11.8. The molecule has 0 fully saturated rings. The number of anilines is 2. The third-order valence-electron chi connectivity index (χ3n) is 3.01. The number of carbonyl (C=O) groups excluding carboxylic acids is 1. The molecule has 0 unspecified atom stereocenters. The lowest BCUT2D eigenvalue weighted by Crippen LogP contribution is -2.06. The second kappa shape index (κ2) is 6.65. The monoisotopic (exact) mass is 287 g/mol. The molecule has 0 saturated heterocycles. The number of nitrogens with one attached hydrogen (secondary N) is 1. The zero-order valence-electron chi connectivity index (χ0n) is 12.2. The van der Waals surface area contributed by atoms with Gasteiger partial charge in [-0.2, -0.15) is 0 Å². The van der Waals surface area contributed by atoms with E-state index in [4.69, 9.17) is 14.2 Å². The number of hydrogen-bond donors (Lipinski definition) is 1. The summed E-state index contributed by atoms with van der Waals surface area (Å²) >= 11 is 0. The van der Waals surface area contributed by atoms with Gasteiger partial charge in [0.25, 0.3) is 0 Å². The Morgan fingerprint density at radius 3 is 2.38 bits per heavy atom. The predicted octanol–water partition coefficient (Wildman–Crippen LogP) is 3.23. The molecule has 0 amide bonds. The summed E-state index contributed by atoms with van der Waals surface area (Å²) in [5.41, 5.74) is 1.83. The van der Waals surface area contributed by atoms with Crippen LogP contribution in [0.25, 0.3) is 0 Å². The van der Waals surface area contributed by atoms with Gasteiger partial charge >= 0.3 is 5.97 Å². The Hall–Kier alpha value is -2.69. The van der Waals surface area contributed by atoms with Gasteiger partial charge in [-0.15, -0.1) is 0 Å². The van der Waals surface area contributed by atoms with Gasteiger partial charge in [-0.1, -0.05) is 12.1 Å². The van der Waals surface area contributed by atoms with Crippen LogP contribution in [0.2, 0.25) is 0 Å². The lowest BCUT2D eigenvalue weighted by molar-refractivity contribution is 0.0602. The molecule has 0 spiro atoms. The van der Waals surface area contributed by atoms with Gasteiger partial charge in [-0.25, -0.2) is 4.79 Å². The summed E-state index contributed by atoms with van der Waals surface area (Å²) in [4.78, 5) is 11.8. The SMILES string of the molecule is COC(=O)c1ccccc1Nc1ccc(OC)cc1OC. The Morgan fingerprint density at radius 1 is 0.952 bits per heavy atom. The number of benzene rings is 2. The molecule has 2 aromatic carbocycles. The van der Waals surface area contributed by atoms with Gasteiger partial charge in [0, 0.05) is 6.07 Å². The third-order valence-corrected chi connectivity index (χ3v) is 3.01. The van der Waals surface area contributed by atoms with Crippen molar-refractivity contribution in [3.05, 3.63) is 48.0 Å². The van der Waals surface area contributed by atoms with Gasteiger partial charge in [-0.3, -0.25) is 0 Å². The van der Waals surface area contributed by atoms with Crippen LogP contribution >= 0.6 is 0 Å². The molecule has 110 valence electrons. The lowest BCUT2D eigenvalue weighted by Gasteiger charge is -2.14. The van der Waals surface area contributed by atoms with Crippen LogP contribution in [-0.4, -0.2) is 27.3 Å². The molecule has 0 bridgehead atoms. The molecule has 0 aliphatic rings. The highest BCUT2D eigenvalue weighted by Crippen LogP contribution is 2.32. The van der Waals surface area contributed by atoms with E-state index in [9.17, 15) is 4.79 Å². The average Bonchev–Trinajstić information content (AvgIpc) is 2.55. The normalized spacial score (nSPS) is 9.86. The van der Waals surface area contributed by atoms with Crippen LogP contribution in [0.4, 0.5) is 11.4 Å². The summed E-state index contributed by atoms with van der Waals surface area (Å²) in [6.45, 7) is 0. The van der Waals surface area contributed by atoms with Gasteiger partial charge < -0.3 is 19.5 Å². The van der Waals surface area contributed by atoms with Crippen LogP contribution in [0, 0.1) is 0 Å². The second-order valence-electron chi connectivity index (χ2n) is 4.23. The van der Waals surface area contributed by atoms with E-state index in [2.05, 4.69) is 5.32 Å². The number of hydrogen-bond acceptors (Lipinski definition) is 5. The molecule has 0 saturated carbocycles. The molecule has 2 rings (SSSR count). The highest BCUT2D eigenvalue weighted by Gasteiger charge is 2.13. The Bertz CT molecular complexity index is 640. The Balaban J connectivity index is 2.36. The summed E-state index contributed by atoms with van der Waals surface area (Å²) < 4.78 is 15.3. The molecular formula is C16H17NO4. The van der Waals surface area contributed by atoms with Gasteiger partial charge in [0.2, 0.25) is 0 Å². The number of carbonyl (C=O) groups is 1. The first-order chi connectivity index (χ1) is 10.2. The highest BCUT2D eigenvalue weighted by molar-refractivity contribution is 5.96. The molecule has 0 aliphatic heterocycles. The van der Waals surface area contributed by atoms with E-state index in [-0.39, 0.29) is 0 Å². The van der Waals surface area contributed by atoms with E-state index >= 15 is 0 Å². The van der Waals surface area contributed by atoms with E-state index in [1.54, 1.807) is 38.5 Å². The minimum absolute atomic E-state index is 0.398. The molecule has 0 heterocycles. The standard InChI is InChI=1S/C16H17NO4/c1-19-11-8-9-14(15(10-11)20-2)17-13-7-5-4-6-12(13)16(18)21-3/h4-10,17H,1-3H3. The van der Waals surface area contributed by atoms with Crippen LogP contribution in [0.15, 0.2) is 42.5 Å². The summed E-state index contributed by atoms with van der Waals surface area (Å²) in [7, 11) is 4.52. The van der Waals surface area contributed by atoms with Crippen molar-refractivity contribution in [2.75, 3.05) is 26.6 Å².